The van der Waals surface area contributed by atoms with Crippen LogP contribution in [0, 0.1) is 12.3 Å². The first-order valence-corrected chi connectivity index (χ1v) is 6.43. The molecule has 1 aromatic rings. The van der Waals surface area contributed by atoms with Gasteiger partial charge in [-0.1, -0.05) is 43.7 Å². The van der Waals surface area contributed by atoms with E-state index in [2.05, 4.69) is 37.6 Å². The van der Waals surface area contributed by atoms with Crippen LogP contribution < -0.4 is 0 Å². The molecule has 0 bridgehead atoms. The highest BCUT2D eigenvalue weighted by Crippen LogP contribution is 2.19. The lowest BCUT2D eigenvalue weighted by atomic mass is 10.0. The van der Waals surface area contributed by atoms with Gasteiger partial charge >= 0.3 is 0 Å². The monoisotopic (exact) mass is 233 g/mol. The highest BCUT2D eigenvalue weighted by atomic mass is 16.7. The summed E-state index contributed by atoms with van der Waals surface area (Å²) in [6, 6.07) is 10.4. The summed E-state index contributed by atoms with van der Waals surface area (Å²) in [5.41, 5.74) is 1.28. The van der Waals surface area contributed by atoms with Crippen LogP contribution in [0.25, 0.3) is 0 Å². The van der Waals surface area contributed by atoms with Crippen molar-refractivity contribution in [1.82, 2.24) is 0 Å². The zero-order chi connectivity index (χ0) is 11.9. The minimum atomic E-state index is -0.0562. The van der Waals surface area contributed by atoms with Crippen LogP contribution in [-0.2, 0) is 15.9 Å². The zero-order valence-corrected chi connectivity index (χ0v) is 10.5. The van der Waals surface area contributed by atoms with Crippen LogP contribution in [0.1, 0.15) is 25.3 Å². The van der Waals surface area contributed by atoms with Crippen LogP contribution in [0.5, 0.6) is 0 Å². The lowest BCUT2D eigenvalue weighted by Crippen LogP contribution is -2.33. The Morgan fingerprint density at radius 2 is 1.88 bits per heavy atom. The molecule has 17 heavy (non-hydrogen) atoms. The molecule has 0 atom stereocenters. The van der Waals surface area contributed by atoms with Crippen molar-refractivity contribution < 1.29 is 9.47 Å². The molecule has 1 aromatic carbocycles. The summed E-state index contributed by atoms with van der Waals surface area (Å²) in [5.74, 6) is 0.568. The van der Waals surface area contributed by atoms with Crippen LogP contribution in [0.15, 0.2) is 30.3 Å². The number of hydrogen-bond acceptors (Lipinski definition) is 2. The van der Waals surface area contributed by atoms with E-state index in [-0.39, 0.29) is 6.29 Å². The first-order chi connectivity index (χ1) is 8.38. The predicted molar refractivity (Wildman–Crippen MR) is 68.5 cm³/mol. The van der Waals surface area contributed by atoms with Gasteiger partial charge in [0.25, 0.3) is 0 Å². The molecule has 0 aromatic heterocycles. The first-order valence-electron chi connectivity index (χ1n) is 6.43. The Bertz CT molecular complexity index is 302. The SMILES string of the molecule is C[CH]CCC1COC(Cc2ccccc2)OC1. The number of unbranched alkanes of at least 4 members (excludes halogenated alkanes) is 1. The van der Waals surface area contributed by atoms with E-state index in [1.165, 1.54) is 12.0 Å². The minimum absolute atomic E-state index is 0.0562. The first kappa shape index (κ1) is 12.6. The second-order valence-electron chi connectivity index (χ2n) is 4.64. The van der Waals surface area contributed by atoms with E-state index in [4.69, 9.17) is 9.47 Å². The average Bonchev–Trinajstić information content (AvgIpc) is 2.39. The van der Waals surface area contributed by atoms with E-state index >= 15 is 0 Å². The molecular formula is C15H21O2. The Kier molecular flexibility index (Phi) is 5.02. The summed E-state index contributed by atoms with van der Waals surface area (Å²) in [6.45, 7) is 3.78. The van der Waals surface area contributed by atoms with Gasteiger partial charge in [-0.25, -0.2) is 0 Å². The molecule has 0 amide bonds. The molecule has 1 fully saturated rings. The van der Waals surface area contributed by atoms with Crippen LogP contribution >= 0.6 is 0 Å². The Balaban J connectivity index is 1.72. The second-order valence-corrected chi connectivity index (χ2v) is 4.64. The molecule has 1 radical (unpaired) electrons. The molecule has 0 unspecified atom stereocenters. The van der Waals surface area contributed by atoms with Crippen molar-refractivity contribution in [3.8, 4) is 0 Å². The predicted octanol–water partition coefficient (Wildman–Crippen LogP) is 3.22. The number of hydrogen-bond donors (Lipinski definition) is 0. The number of benzene rings is 1. The van der Waals surface area contributed by atoms with E-state index in [1.54, 1.807) is 0 Å². The number of ether oxygens (including phenoxy) is 2. The summed E-state index contributed by atoms with van der Waals surface area (Å²) < 4.78 is 11.5. The molecule has 93 valence electrons. The molecule has 0 spiro atoms. The fourth-order valence-corrected chi connectivity index (χ4v) is 2.08. The Morgan fingerprint density at radius 3 is 2.53 bits per heavy atom. The van der Waals surface area contributed by atoms with Crippen LogP contribution in [0.3, 0.4) is 0 Å². The summed E-state index contributed by atoms with van der Waals surface area (Å²) in [4.78, 5) is 0. The lowest BCUT2D eigenvalue weighted by molar-refractivity contribution is -0.199. The molecule has 0 N–H and O–H groups in total. The van der Waals surface area contributed by atoms with Crippen molar-refractivity contribution in [2.24, 2.45) is 5.92 Å². The highest BCUT2D eigenvalue weighted by Gasteiger charge is 2.21. The quantitative estimate of drug-likeness (QED) is 0.777. The van der Waals surface area contributed by atoms with Crippen LogP contribution in [-0.4, -0.2) is 19.5 Å². The molecule has 0 saturated carbocycles. The molecule has 2 heteroatoms. The van der Waals surface area contributed by atoms with E-state index in [1.807, 2.05) is 6.07 Å². The molecule has 2 rings (SSSR count). The smallest absolute Gasteiger partial charge is 0.161 e. The van der Waals surface area contributed by atoms with Crippen molar-refractivity contribution in [3.63, 3.8) is 0 Å². The Morgan fingerprint density at radius 1 is 1.18 bits per heavy atom. The third kappa shape index (κ3) is 4.14. The van der Waals surface area contributed by atoms with Gasteiger partial charge in [0.15, 0.2) is 6.29 Å². The normalized spacial score (nSPS) is 24.8. The maximum atomic E-state index is 5.76. The van der Waals surface area contributed by atoms with E-state index in [9.17, 15) is 0 Å². The summed E-state index contributed by atoms with van der Waals surface area (Å²) in [7, 11) is 0. The maximum Gasteiger partial charge on any atom is 0.161 e. The molecule has 1 aliphatic heterocycles. The van der Waals surface area contributed by atoms with Crippen LogP contribution in [0.2, 0.25) is 0 Å². The summed E-state index contributed by atoms with van der Waals surface area (Å²) in [6.07, 6.45) is 5.33. The van der Waals surface area contributed by atoms with E-state index in [0.29, 0.717) is 5.92 Å². The fraction of sp³-hybridized carbons (Fsp3) is 0.533. The van der Waals surface area contributed by atoms with E-state index in [0.717, 1.165) is 26.1 Å². The van der Waals surface area contributed by atoms with Crippen molar-refractivity contribution >= 4 is 0 Å². The Labute approximate surface area is 104 Å². The molecule has 1 aliphatic rings. The van der Waals surface area contributed by atoms with Gasteiger partial charge in [0, 0.05) is 12.3 Å². The van der Waals surface area contributed by atoms with Gasteiger partial charge < -0.3 is 9.47 Å². The highest BCUT2D eigenvalue weighted by molar-refractivity contribution is 5.15. The number of rotatable bonds is 5. The van der Waals surface area contributed by atoms with Gasteiger partial charge in [-0.05, 0) is 18.4 Å². The van der Waals surface area contributed by atoms with Gasteiger partial charge in [-0.3, -0.25) is 0 Å². The molecule has 0 aliphatic carbocycles. The standard InChI is InChI=1S/C15H21O2/c1-2-3-7-14-11-16-15(17-12-14)10-13-8-5-4-6-9-13/h2,4-6,8-9,14-15H,3,7,10-12H2,1H3. The van der Waals surface area contributed by atoms with E-state index < -0.39 is 0 Å². The van der Waals surface area contributed by atoms with Crippen molar-refractivity contribution in [3.05, 3.63) is 42.3 Å². The molecular weight excluding hydrogens is 212 g/mol. The summed E-state index contributed by atoms with van der Waals surface area (Å²) in [5, 5.41) is 0. The van der Waals surface area contributed by atoms with Crippen molar-refractivity contribution in [1.29, 1.82) is 0 Å². The summed E-state index contributed by atoms with van der Waals surface area (Å²) >= 11 is 0. The Hall–Kier alpha value is -0.860. The lowest BCUT2D eigenvalue weighted by Gasteiger charge is -2.29. The fourth-order valence-electron chi connectivity index (χ4n) is 2.08. The van der Waals surface area contributed by atoms with Crippen molar-refractivity contribution in [2.45, 2.75) is 32.5 Å². The minimum Gasteiger partial charge on any atom is -0.352 e. The van der Waals surface area contributed by atoms with Crippen LogP contribution in [0.4, 0.5) is 0 Å². The molecule has 1 saturated heterocycles. The topological polar surface area (TPSA) is 18.5 Å². The average molecular weight is 233 g/mol. The third-order valence-corrected chi connectivity index (χ3v) is 3.14. The molecule has 1 heterocycles. The van der Waals surface area contributed by atoms with Gasteiger partial charge in [-0.15, -0.1) is 0 Å². The third-order valence-electron chi connectivity index (χ3n) is 3.14. The van der Waals surface area contributed by atoms with Gasteiger partial charge in [0.05, 0.1) is 13.2 Å². The van der Waals surface area contributed by atoms with Gasteiger partial charge in [0.2, 0.25) is 0 Å². The second kappa shape index (κ2) is 6.77. The molecule has 2 nitrogen and oxygen atoms in total. The van der Waals surface area contributed by atoms with Gasteiger partial charge in [0.1, 0.15) is 0 Å². The van der Waals surface area contributed by atoms with Gasteiger partial charge in [-0.2, -0.15) is 0 Å². The largest absolute Gasteiger partial charge is 0.352 e. The maximum absolute atomic E-state index is 5.76. The zero-order valence-electron chi connectivity index (χ0n) is 10.5. The van der Waals surface area contributed by atoms with Crippen molar-refractivity contribution in [2.75, 3.05) is 13.2 Å².